The van der Waals surface area contributed by atoms with E-state index in [1.807, 2.05) is 38.1 Å². The number of hydrogen-bond acceptors (Lipinski definition) is 6. The van der Waals surface area contributed by atoms with Crippen LogP contribution in [0.4, 0.5) is 5.69 Å². The van der Waals surface area contributed by atoms with Crippen molar-refractivity contribution in [3.8, 4) is 11.5 Å². The topological polar surface area (TPSA) is 105 Å². The van der Waals surface area contributed by atoms with Crippen molar-refractivity contribution in [2.45, 2.75) is 45.8 Å². The number of benzene rings is 2. The Balaban J connectivity index is 2.44. The van der Waals surface area contributed by atoms with Crippen molar-refractivity contribution in [3.63, 3.8) is 0 Å². The Morgan fingerprint density at radius 3 is 2.28 bits per heavy atom. The molecule has 2 atom stereocenters. The van der Waals surface area contributed by atoms with Crippen molar-refractivity contribution < 1.29 is 27.5 Å². The van der Waals surface area contributed by atoms with Crippen LogP contribution in [-0.2, 0) is 26.2 Å². The molecular formula is C25H34BrN3O6S. The van der Waals surface area contributed by atoms with Crippen LogP contribution in [0.25, 0.3) is 0 Å². The number of carbonyl (C=O) groups is 2. The minimum Gasteiger partial charge on any atom is -0.493 e. The highest BCUT2D eigenvalue weighted by Crippen LogP contribution is 2.32. The monoisotopic (exact) mass is 583 g/mol. The number of nitrogens with one attached hydrogen (secondary N) is 1. The van der Waals surface area contributed by atoms with E-state index in [9.17, 15) is 18.0 Å². The molecule has 0 aliphatic heterocycles. The number of ether oxygens (including phenoxy) is 2. The molecule has 1 N–H and O–H groups in total. The molecule has 0 saturated heterocycles. The third-order valence-corrected chi connectivity index (χ3v) is 7.38. The van der Waals surface area contributed by atoms with Crippen LogP contribution in [0.1, 0.15) is 32.8 Å². The number of sulfonamides is 1. The van der Waals surface area contributed by atoms with Gasteiger partial charge in [-0.05, 0) is 50.1 Å². The first-order valence-corrected chi connectivity index (χ1v) is 14.1. The third kappa shape index (κ3) is 7.86. The van der Waals surface area contributed by atoms with Gasteiger partial charge in [-0.25, -0.2) is 8.42 Å². The van der Waals surface area contributed by atoms with Crippen LogP contribution in [0.5, 0.6) is 11.5 Å². The van der Waals surface area contributed by atoms with Crippen molar-refractivity contribution in [1.82, 2.24) is 10.2 Å². The highest BCUT2D eigenvalue weighted by molar-refractivity contribution is 9.10. The summed E-state index contributed by atoms with van der Waals surface area (Å²) in [5.41, 5.74) is 1.03. The Labute approximate surface area is 221 Å². The molecule has 11 heteroatoms. The summed E-state index contributed by atoms with van der Waals surface area (Å²) >= 11 is 3.43. The Bertz CT molecular complexity index is 1170. The van der Waals surface area contributed by atoms with Crippen LogP contribution in [0.2, 0.25) is 0 Å². The second kappa shape index (κ2) is 13.0. The van der Waals surface area contributed by atoms with E-state index in [4.69, 9.17) is 9.47 Å². The van der Waals surface area contributed by atoms with Gasteiger partial charge in [0.15, 0.2) is 11.5 Å². The summed E-state index contributed by atoms with van der Waals surface area (Å²) in [6.45, 7) is 5.09. The third-order valence-electron chi connectivity index (χ3n) is 5.74. The molecule has 2 aromatic rings. The summed E-state index contributed by atoms with van der Waals surface area (Å²) in [4.78, 5) is 27.9. The highest BCUT2D eigenvalue weighted by Gasteiger charge is 2.30. The molecule has 2 rings (SSSR count). The SMILES string of the molecule is CC[C@H](C)NC(=O)[C@H](C)N(Cc1cccc(Br)c1)C(=O)CN(c1ccc(OC)c(OC)c1)S(C)(=O)=O. The molecule has 0 spiro atoms. The molecule has 0 fully saturated rings. The van der Waals surface area contributed by atoms with E-state index in [1.54, 1.807) is 13.0 Å². The molecule has 0 unspecified atom stereocenters. The normalized spacial score (nSPS) is 12.9. The number of nitrogens with zero attached hydrogens (tertiary/aromatic N) is 2. The number of anilines is 1. The van der Waals surface area contributed by atoms with Gasteiger partial charge >= 0.3 is 0 Å². The molecule has 2 aromatic carbocycles. The number of hydrogen-bond donors (Lipinski definition) is 1. The lowest BCUT2D eigenvalue weighted by Gasteiger charge is -2.32. The summed E-state index contributed by atoms with van der Waals surface area (Å²) in [5.74, 6) is -0.0947. The van der Waals surface area contributed by atoms with Crippen LogP contribution in [0, 0.1) is 0 Å². The molecule has 9 nitrogen and oxygen atoms in total. The lowest BCUT2D eigenvalue weighted by Crippen LogP contribution is -2.52. The van der Waals surface area contributed by atoms with Gasteiger partial charge in [0.2, 0.25) is 21.8 Å². The number of carbonyl (C=O) groups excluding carboxylic acids is 2. The summed E-state index contributed by atoms with van der Waals surface area (Å²) in [6, 6.07) is 11.1. The van der Waals surface area contributed by atoms with E-state index < -0.39 is 28.5 Å². The first-order chi connectivity index (χ1) is 16.9. The predicted octanol–water partition coefficient (Wildman–Crippen LogP) is 3.56. The Morgan fingerprint density at radius 2 is 1.72 bits per heavy atom. The highest BCUT2D eigenvalue weighted by atomic mass is 79.9. The molecule has 0 radical (unpaired) electrons. The van der Waals surface area contributed by atoms with Crippen LogP contribution in [0.3, 0.4) is 0 Å². The number of methoxy groups -OCH3 is 2. The zero-order valence-corrected chi connectivity index (χ0v) is 23.9. The fourth-order valence-corrected chi connectivity index (χ4v) is 4.76. The maximum Gasteiger partial charge on any atom is 0.244 e. The number of amides is 2. The van der Waals surface area contributed by atoms with Gasteiger partial charge in [0.05, 0.1) is 26.2 Å². The molecule has 0 saturated carbocycles. The fraction of sp³-hybridized carbons (Fsp3) is 0.440. The van der Waals surface area contributed by atoms with E-state index in [1.165, 1.54) is 31.3 Å². The first-order valence-electron chi connectivity index (χ1n) is 11.4. The second-order valence-corrected chi connectivity index (χ2v) is 11.3. The van der Waals surface area contributed by atoms with E-state index in [0.29, 0.717) is 11.5 Å². The lowest BCUT2D eigenvalue weighted by atomic mass is 10.1. The summed E-state index contributed by atoms with van der Waals surface area (Å²) in [6.07, 6.45) is 1.76. The molecular weight excluding hydrogens is 550 g/mol. The van der Waals surface area contributed by atoms with Crippen LogP contribution < -0.4 is 19.1 Å². The molecule has 0 aliphatic rings. The van der Waals surface area contributed by atoms with Gasteiger partial charge in [-0.3, -0.25) is 13.9 Å². The van der Waals surface area contributed by atoms with Crippen molar-refractivity contribution >= 4 is 43.5 Å². The van der Waals surface area contributed by atoms with Crippen LogP contribution in [0.15, 0.2) is 46.9 Å². The van der Waals surface area contributed by atoms with Crippen molar-refractivity contribution in [3.05, 3.63) is 52.5 Å². The largest absolute Gasteiger partial charge is 0.493 e. The molecule has 0 aliphatic carbocycles. The van der Waals surface area contributed by atoms with Crippen LogP contribution >= 0.6 is 15.9 Å². The predicted molar refractivity (Wildman–Crippen MR) is 144 cm³/mol. The summed E-state index contributed by atoms with van der Waals surface area (Å²) in [7, 11) is -0.946. The minimum absolute atomic E-state index is 0.0675. The molecule has 2 amide bonds. The van der Waals surface area contributed by atoms with E-state index >= 15 is 0 Å². The van der Waals surface area contributed by atoms with Crippen molar-refractivity contribution in [2.75, 3.05) is 31.3 Å². The standard InChI is InChI=1S/C25H34BrN3O6S/c1-7-17(2)27-25(31)18(3)28(15-19-9-8-10-20(26)13-19)24(30)16-29(36(6,32)33)21-11-12-22(34-4)23(14-21)35-5/h8-14,17-18H,7,15-16H2,1-6H3,(H,27,31)/t17-,18-/m0/s1. The molecule has 0 heterocycles. The van der Waals surface area contributed by atoms with Gasteiger partial charge in [-0.15, -0.1) is 0 Å². The first kappa shape index (κ1) is 29.4. The van der Waals surface area contributed by atoms with Gasteiger partial charge in [0.1, 0.15) is 12.6 Å². The number of halogens is 1. The Morgan fingerprint density at radius 1 is 1.06 bits per heavy atom. The average molecular weight is 585 g/mol. The van der Waals surface area contributed by atoms with Crippen molar-refractivity contribution in [2.24, 2.45) is 0 Å². The zero-order valence-electron chi connectivity index (χ0n) is 21.4. The van der Waals surface area contributed by atoms with Gasteiger partial charge in [-0.2, -0.15) is 0 Å². The lowest BCUT2D eigenvalue weighted by molar-refractivity contribution is -0.139. The van der Waals surface area contributed by atoms with Crippen LogP contribution in [-0.4, -0.2) is 64.2 Å². The summed E-state index contributed by atoms with van der Waals surface area (Å²) in [5, 5.41) is 2.90. The Hall–Kier alpha value is -2.79. The minimum atomic E-state index is -3.86. The summed E-state index contributed by atoms with van der Waals surface area (Å²) < 4.78 is 37.8. The fourth-order valence-electron chi connectivity index (χ4n) is 3.47. The van der Waals surface area contributed by atoms with Crippen molar-refractivity contribution in [1.29, 1.82) is 0 Å². The maximum atomic E-state index is 13.6. The van der Waals surface area contributed by atoms with E-state index in [-0.39, 0.29) is 24.2 Å². The van der Waals surface area contributed by atoms with Gasteiger partial charge < -0.3 is 19.7 Å². The zero-order chi connectivity index (χ0) is 27.0. The van der Waals surface area contributed by atoms with Gasteiger partial charge in [-0.1, -0.05) is 35.0 Å². The molecule has 0 aromatic heterocycles. The molecule has 198 valence electrons. The average Bonchev–Trinajstić information content (AvgIpc) is 2.83. The van der Waals surface area contributed by atoms with E-state index in [2.05, 4.69) is 21.2 Å². The molecule has 0 bridgehead atoms. The van der Waals surface area contributed by atoms with Gasteiger partial charge in [0.25, 0.3) is 0 Å². The molecule has 36 heavy (non-hydrogen) atoms. The Kier molecular flexibility index (Phi) is 10.6. The maximum absolute atomic E-state index is 13.6. The number of rotatable bonds is 12. The van der Waals surface area contributed by atoms with E-state index in [0.717, 1.165) is 27.0 Å². The quantitative estimate of drug-likeness (QED) is 0.409. The second-order valence-electron chi connectivity index (χ2n) is 8.45. The van der Waals surface area contributed by atoms with Gasteiger partial charge in [0, 0.05) is 23.1 Å². The smallest absolute Gasteiger partial charge is 0.244 e.